The Morgan fingerprint density at radius 3 is 2.81 bits per heavy atom. The molecule has 1 N–H and O–H groups in total. The fraction of sp³-hybridized carbons (Fsp3) is 0.231. The van der Waals surface area contributed by atoms with Gasteiger partial charge in [-0.15, -0.1) is 0 Å². The van der Waals surface area contributed by atoms with Crippen molar-refractivity contribution in [1.82, 2.24) is 0 Å². The van der Waals surface area contributed by atoms with Crippen molar-refractivity contribution < 1.29 is 9.50 Å². The largest absolute Gasteiger partial charge is 0.388 e. The zero-order valence-corrected chi connectivity index (χ0v) is 9.80. The molecule has 1 atom stereocenters. The minimum Gasteiger partial charge on any atom is -0.388 e. The Labute approximate surface area is 98.2 Å². The van der Waals surface area contributed by atoms with Gasteiger partial charge in [-0.25, -0.2) is 4.39 Å². The van der Waals surface area contributed by atoms with Crippen LogP contribution >= 0.6 is 11.3 Å². The van der Waals surface area contributed by atoms with Gasteiger partial charge in [0, 0.05) is 6.42 Å². The molecule has 0 aliphatic rings. The molecule has 0 saturated carbocycles. The maximum atomic E-state index is 12.9. The molecule has 2 rings (SSSR count). The summed E-state index contributed by atoms with van der Waals surface area (Å²) in [5.41, 5.74) is 2.79. The number of aliphatic hydroxyl groups excluding tert-OH is 1. The maximum Gasteiger partial charge on any atom is 0.123 e. The van der Waals surface area contributed by atoms with Crippen molar-refractivity contribution in [3.63, 3.8) is 0 Å². The van der Waals surface area contributed by atoms with Crippen LogP contribution in [0.1, 0.15) is 22.8 Å². The fourth-order valence-corrected chi connectivity index (χ4v) is 2.39. The first-order chi connectivity index (χ1) is 7.66. The predicted molar refractivity (Wildman–Crippen MR) is 64.1 cm³/mol. The van der Waals surface area contributed by atoms with Crippen molar-refractivity contribution in [2.45, 2.75) is 19.4 Å². The number of aliphatic hydroxyl groups is 1. The Balaban J connectivity index is 2.15. The van der Waals surface area contributed by atoms with Crippen LogP contribution in [0.5, 0.6) is 0 Å². The van der Waals surface area contributed by atoms with Crippen LogP contribution in [0.15, 0.2) is 35.0 Å². The van der Waals surface area contributed by atoms with Gasteiger partial charge in [-0.1, -0.05) is 6.07 Å². The van der Waals surface area contributed by atoms with Gasteiger partial charge in [0.2, 0.25) is 0 Å². The zero-order valence-electron chi connectivity index (χ0n) is 8.98. The van der Waals surface area contributed by atoms with Crippen molar-refractivity contribution in [2.75, 3.05) is 0 Å². The van der Waals surface area contributed by atoms with Crippen molar-refractivity contribution in [3.05, 3.63) is 57.5 Å². The third-order valence-electron chi connectivity index (χ3n) is 2.65. The molecule has 1 aromatic carbocycles. The molecule has 1 nitrogen and oxygen atoms in total. The molecule has 1 unspecified atom stereocenters. The molecule has 1 heterocycles. The van der Waals surface area contributed by atoms with Gasteiger partial charge in [-0.2, -0.15) is 11.3 Å². The smallest absolute Gasteiger partial charge is 0.123 e. The van der Waals surface area contributed by atoms with E-state index in [1.807, 2.05) is 23.8 Å². The number of rotatable bonds is 3. The summed E-state index contributed by atoms with van der Waals surface area (Å²) in [4.78, 5) is 0. The first-order valence-electron chi connectivity index (χ1n) is 5.12. The molecule has 84 valence electrons. The van der Waals surface area contributed by atoms with E-state index in [0.717, 1.165) is 16.7 Å². The number of benzene rings is 1. The van der Waals surface area contributed by atoms with E-state index in [1.165, 1.54) is 12.1 Å². The van der Waals surface area contributed by atoms with Crippen LogP contribution in [0.3, 0.4) is 0 Å². The third kappa shape index (κ3) is 2.49. The lowest BCUT2D eigenvalue weighted by molar-refractivity contribution is 0.178. The van der Waals surface area contributed by atoms with Gasteiger partial charge in [-0.05, 0) is 52.6 Å². The highest BCUT2D eigenvalue weighted by Crippen LogP contribution is 2.22. The van der Waals surface area contributed by atoms with E-state index < -0.39 is 6.10 Å². The van der Waals surface area contributed by atoms with E-state index in [9.17, 15) is 9.50 Å². The van der Waals surface area contributed by atoms with Crippen molar-refractivity contribution in [2.24, 2.45) is 0 Å². The first-order valence-corrected chi connectivity index (χ1v) is 6.06. The summed E-state index contributed by atoms with van der Waals surface area (Å²) in [6.45, 7) is 1.86. The van der Waals surface area contributed by atoms with Crippen LogP contribution in [0.4, 0.5) is 4.39 Å². The van der Waals surface area contributed by atoms with E-state index in [0.29, 0.717) is 6.42 Å². The van der Waals surface area contributed by atoms with Gasteiger partial charge < -0.3 is 5.11 Å². The van der Waals surface area contributed by atoms with E-state index in [1.54, 1.807) is 17.4 Å². The van der Waals surface area contributed by atoms with Crippen LogP contribution in [0, 0.1) is 12.7 Å². The van der Waals surface area contributed by atoms with E-state index in [-0.39, 0.29) is 5.82 Å². The molecule has 0 radical (unpaired) electrons. The highest BCUT2D eigenvalue weighted by molar-refractivity contribution is 7.07. The number of thiophene rings is 1. The average Bonchev–Trinajstić information content (AvgIpc) is 2.75. The van der Waals surface area contributed by atoms with E-state index in [2.05, 4.69) is 0 Å². The molecule has 0 fully saturated rings. The summed E-state index contributed by atoms with van der Waals surface area (Å²) in [5, 5.41) is 13.8. The van der Waals surface area contributed by atoms with Crippen molar-refractivity contribution in [3.8, 4) is 0 Å². The van der Waals surface area contributed by atoms with E-state index in [4.69, 9.17) is 0 Å². The van der Waals surface area contributed by atoms with Crippen LogP contribution in [0.2, 0.25) is 0 Å². The molecule has 1 aromatic heterocycles. The van der Waals surface area contributed by atoms with Gasteiger partial charge >= 0.3 is 0 Å². The maximum absolute atomic E-state index is 12.9. The van der Waals surface area contributed by atoms with Crippen LogP contribution in [-0.4, -0.2) is 5.11 Å². The normalized spacial score (nSPS) is 12.7. The number of hydrogen-bond acceptors (Lipinski definition) is 2. The SMILES string of the molecule is Cc1cc(F)ccc1CC(O)c1ccsc1. The molecule has 3 heteroatoms. The number of hydrogen-bond donors (Lipinski definition) is 1. The minimum absolute atomic E-state index is 0.230. The summed E-state index contributed by atoms with van der Waals surface area (Å²) in [6, 6.07) is 6.58. The molecule has 2 aromatic rings. The monoisotopic (exact) mass is 236 g/mol. The minimum atomic E-state index is -0.504. The Morgan fingerprint density at radius 1 is 1.38 bits per heavy atom. The van der Waals surface area contributed by atoms with Crippen molar-refractivity contribution >= 4 is 11.3 Å². The Morgan fingerprint density at radius 2 is 2.19 bits per heavy atom. The lowest BCUT2D eigenvalue weighted by Crippen LogP contribution is -2.02. The molecule has 0 saturated heterocycles. The molecule has 0 spiro atoms. The molecule has 0 amide bonds. The predicted octanol–water partition coefficient (Wildman–Crippen LogP) is 3.47. The second-order valence-corrected chi connectivity index (χ2v) is 4.63. The molecule has 0 bridgehead atoms. The van der Waals surface area contributed by atoms with Crippen LogP contribution in [-0.2, 0) is 6.42 Å². The molecule has 16 heavy (non-hydrogen) atoms. The molecule has 0 aliphatic carbocycles. The lowest BCUT2D eigenvalue weighted by Gasteiger charge is -2.11. The van der Waals surface area contributed by atoms with Gasteiger partial charge in [0.05, 0.1) is 6.10 Å². The van der Waals surface area contributed by atoms with Gasteiger partial charge in [0.15, 0.2) is 0 Å². The quantitative estimate of drug-likeness (QED) is 0.865. The summed E-state index contributed by atoms with van der Waals surface area (Å²) in [7, 11) is 0. The fourth-order valence-electron chi connectivity index (χ4n) is 1.68. The Hall–Kier alpha value is -1.19. The van der Waals surface area contributed by atoms with Crippen molar-refractivity contribution in [1.29, 1.82) is 0 Å². The Kier molecular flexibility index (Phi) is 3.36. The zero-order chi connectivity index (χ0) is 11.5. The summed E-state index contributed by atoms with van der Waals surface area (Å²) >= 11 is 1.57. The Bertz CT molecular complexity index is 465. The number of halogens is 1. The van der Waals surface area contributed by atoms with Gasteiger partial charge in [0.25, 0.3) is 0 Å². The number of aryl methyl sites for hydroxylation is 1. The van der Waals surface area contributed by atoms with Crippen LogP contribution < -0.4 is 0 Å². The van der Waals surface area contributed by atoms with Gasteiger partial charge in [0.1, 0.15) is 5.82 Å². The van der Waals surface area contributed by atoms with Gasteiger partial charge in [-0.3, -0.25) is 0 Å². The average molecular weight is 236 g/mol. The summed E-state index contributed by atoms with van der Waals surface area (Å²) in [5.74, 6) is -0.230. The summed E-state index contributed by atoms with van der Waals surface area (Å²) < 4.78 is 12.9. The third-order valence-corrected chi connectivity index (χ3v) is 3.35. The van der Waals surface area contributed by atoms with Crippen LogP contribution in [0.25, 0.3) is 0 Å². The standard InChI is InChI=1S/C13H13FOS/c1-9-6-12(14)3-2-10(9)7-13(15)11-4-5-16-8-11/h2-6,8,13,15H,7H2,1H3. The van der Waals surface area contributed by atoms with E-state index >= 15 is 0 Å². The topological polar surface area (TPSA) is 20.2 Å². The molecule has 0 aliphatic heterocycles. The second kappa shape index (κ2) is 4.76. The molecular weight excluding hydrogens is 223 g/mol. The molecular formula is C13H13FOS. The first kappa shape index (κ1) is 11.3. The lowest BCUT2D eigenvalue weighted by atomic mass is 10.00. The highest BCUT2D eigenvalue weighted by Gasteiger charge is 2.10. The highest BCUT2D eigenvalue weighted by atomic mass is 32.1. The second-order valence-electron chi connectivity index (χ2n) is 3.85. The summed E-state index contributed by atoms with van der Waals surface area (Å²) in [6.07, 6.45) is 0.0264.